The van der Waals surface area contributed by atoms with Crippen LogP contribution in [0.3, 0.4) is 0 Å². The van der Waals surface area contributed by atoms with Crippen LogP contribution in [0.15, 0.2) is 24.5 Å². The molecule has 2 N–H and O–H groups in total. The molecule has 1 aromatic rings. The highest BCUT2D eigenvalue weighted by molar-refractivity contribution is 7.99. The predicted molar refractivity (Wildman–Crippen MR) is 68.0 cm³/mol. The summed E-state index contributed by atoms with van der Waals surface area (Å²) in [5, 5.41) is 0.415. The minimum atomic E-state index is 0.240. The van der Waals surface area contributed by atoms with Crippen LogP contribution in [-0.2, 0) is 0 Å². The third kappa shape index (κ3) is 3.84. The maximum atomic E-state index is 6.15. The number of hydrogen-bond donors (Lipinski definition) is 1. The number of pyridine rings is 1. The number of aromatic nitrogens is 1. The zero-order valence-corrected chi connectivity index (χ0v) is 10.3. The van der Waals surface area contributed by atoms with Gasteiger partial charge in [0.25, 0.3) is 0 Å². The molecule has 1 heterocycles. The maximum Gasteiger partial charge on any atom is 0.0449 e. The van der Waals surface area contributed by atoms with E-state index in [2.05, 4.69) is 31.0 Å². The number of hydrogen-bond acceptors (Lipinski definition) is 3. The Bertz CT molecular complexity index is 264. The summed E-state index contributed by atoms with van der Waals surface area (Å²) < 4.78 is 0. The molecule has 2 atom stereocenters. The molecular weight excluding hydrogens is 204 g/mol. The molecular formula is C12H20N2S. The fraction of sp³-hybridized carbons (Fsp3) is 0.583. The average Bonchev–Trinajstić information content (AvgIpc) is 2.30. The van der Waals surface area contributed by atoms with Gasteiger partial charge in [-0.1, -0.05) is 13.8 Å². The van der Waals surface area contributed by atoms with Crippen LogP contribution in [0.4, 0.5) is 0 Å². The van der Waals surface area contributed by atoms with Crippen molar-refractivity contribution in [3.05, 3.63) is 30.1 Å². The lowest BCUT2D eigenvalue weighted by Crippen LogP contribution is -2.25. The normalized spacial score (nSPS) is 14.9. The molecule has 0 amide bonds. The van der Waals surface area contributed by atoms with Gasteiger partial charge >= 0.3 is 0 Å². The van der Waals surface area contributed by atoms with Gasteiger partial charge in [0, 0.05) is 23.7 Å². The molecule has 0 saturated heterocycles. The van der Waals surface area contributed by atoms with Gasteiger partial charge in [0.2, 0.25) is 0 Å². The molecule has 0 aromatic carbocycles. The molecule has 2 unspecified atom stereocenters. The Balaban J connectivity index is 2.72. The lowest BCUT2D eigenvalue weighted by atomic mass is 10.1. The summed E-state index contributed by atoms with van der Waals surface area (Å²) in [5.41, 5.74) is 7.45. The fourth-order valence-electron chi connectivity index (χ4n) is 1.48. The molecule has 0 bridgehead atoms. The van der Waals surface area contributed by atoms with Crippen LogP contribution in [0.1, 0.15) is 37.5 Å². The molecule has 1 aromatic heterocycles. The van der Waals surface area contributed by atoms with E-state index in [0.29, 0.717) is 5.25 Å². The first kappa shape index (κ1) is 12.5. The molecule has 0 aliphatic carbocycles. The minimum Gasteiger partial charge on any atom is -0.326 e. The first-order valence-corrected chi connectivity index (χ1v) is 6.61. The Kier molecular flexibility index (Phi) is 5.73. The van der Waals surface area contributed by atoms with E-state index < -0.39 is 0 Å². The second-order valence-electron chi connectivity index (χ2n) is 3.64. The molecule has 0 radical (unpaired) electrons. The third-order valence-corrected chi connectivity index (χ3v) is 4.02. The van der Waals surface area contributed by atoms with Gasteiger partial charge in [0.1, 0.15) is 0 Å². The van der Waals surface area contributed by atoms with Gasteiger partial charge in [-0.3, -0.25) is 4.98 Å². The predicted octanol–water partition coefficient (Wildman–Crippen LogP) is 3.00. The largest absolute Gasteiger partial charge is 0.326 e. The van der Waals surface area contributed by atoms with E-state index in [0.717, 1.165) is 6.42 Å². The van der Waals surface area contributed by atoms with E-state index in [1.165, 1.54) is 17.7 Å². The molecule has 3 heteroatoms. The Morgan fingerprint density at radius 1 is 1.33 bits per heavy atom. The van der Waals surface area contributed by atoms with Crippen LogP contribution in [0, 0.1) is 0 Å². The van der Waals surface area contributed by atoms with Gasteiger partial charge in [-0.05, 0) is 36.3 Å². The minimum absolute atomic E-state index is 0.240. The smallest absolute Gasteiger partial charge is 0.0449 e. The van der Waals surface area contributed by atoms with Crippen LogP contribution in [0.25, 0.3) is 0 Å². The number of nitrogens with two attached hydrogens (primary N) is 1. The quantitative estimate of drug-likeness (QED) is 0.807. The Morgan fingerprint density at radius 2 is 2.00 bits per heavy atom. The third-order valence-electron chi connectivity index (χ3n) is 2.40. The summed E-state index contributed by atoms with van der Waals surface area (Å²) in [7, 11) is 0. The van der Waals surface area contributed by atoms with Crippen molar-refractivity contribution in [2.45, 2.75) is 38.0 Å². The SMILES string of the molecule is CCCSC(c1ccncc1)C(N)CC. The molecule has 0 spiro atoms. The van der Waals surface area contributed by atoms with Crippen molar-refractivity contribution in [1.82, 2.24) is 4.98 Å². The Hall–Kier alpha value is -0.540. The van der Waals surface area contributed by atoms with Crippen LogP contribution < -0.4 is 5.73 Å². The van der Waals surface area contributed by atoms with Gasteiger partial charge in [0.05, 0.1) is 0 Å². The van der Waals surface area contributed by atoms with Crippen LogP contribution in [0.2, 0.25) is 0 Å². The molecule has 0 fully saturated rings. The summed E-state index contributed by atoms with van der Waals surface area (Å²) >= 11 is 1.95. The molecule has 0 aliphatic heterocycles. The van der Waals surface area contributed by atoms with Crippen molar-refractivity contribution in [1.29, 1.82) is 0 Å². The van der Waals surface area contributed by atoms with E-state index in [1.54, 1.807) is 0 Å². The van der Waals surface area contributed by atoms with Gasteiger partial charge in [0.15, 0.2) is 0 Å². The van der Waals surface area contributed by atoms with Crippen LogP contribution in [-0.4, -0.2) is 16.8 Å². The van der Waals surface area contributed by atoms with Crippen LogP contribution >= 0.6 is 11.8 Å². The molecule has 1 rings (SSSR count). The lowest BCUT2D eigenvalue weighted by Gasteiger charge is -2.22. The zero-order chi connectivity index (χ0) is 11.1. The van der Waals surface area contributed by atoms with Crippen molar-refractivity contribution in [3.8, 4) is 0 Å². The number of thioether (sulfide) groups is 1. The summed E-state index contributed by atoms with van der Waals surface area (Å²) in [6.07, 6.45) is 5.90. The standard InChI is InChI=1S/C12H20N2S/c1-3-9-15-12(11(13)4-2)10-5-7-14-8-6-10/h5-8,11-12H,3-4,9,13H2,1-2H3. The first-order valence-electron chi connectivity index (χ1n) is 5.56. The number of nitrogens with zero attached hydrogens (tertiary/aromatic N) is 1. The van der Waals surface area contributed by atoms with Crippen molar-refractivity contribution >= 4 is 11.8 Å². The monoisotopic (exact) mass is 224 g/mol. The summed E-state index contributed by atoms with van der Waals surface area (Å²) in [5.74, 6) is 1.17. The second kappa shape index (κ2) is 6.85. The molecule has 15 heavy (non-hydrogen) atoms. The average molecular weight is 224 g/mol. The second-order valence-corrected chi connectivity index (χ2v) is 4.89. The summed E-state index contributed by atoms with van der Waals surface area (Å²) in [6.45, 7) is 4.35. The summed E-state index contributed by atoms with van der Waals surface area (Å²) in [4.78, 5) is 4.04. The van der Waals surface area contributed by atoms with Gasteiger partial charge in [-0.15, -0.1) is 0 Å². The maximum absolute atomic E-state index is 6.15. The first-order chi connectivity index (χ1) is 7.29. The summed E-state index contributed by atoms with van der Waals surface area (Å²) in [6, 6.07) is 4.38. The van der Waals surface area contributed by atoms with E-state index in [9.17, 15) is 0 Å². The highest BCUT2D eigenvalue weighted by Gasteiger charge is 2.18. The van der Waals surface area contributed by atoms with Gasteiger partial charge in [-0.2, -0.15) is 11.8 Å². The lowest BCUT2D eigenvalue weighted by molar-refractivity contribution is 0.633. The molecule has 84 valence electrons. The van der Waals surface area contributed by atoms with E-state index >= 15 is 0 Å². The topological polar surface area (TPSA) is 38.9 Å². The Labute approximate surface area is 96.7 Å². The molecule has 0 saturated carbocycles. The van der Waals surface area contributed by atoms with Crippen molar-refractivity contribution in [2.24, 2.45) is 5.73 Å². The van der Waals surface area contributed by atoms with Gasteiger partial charge in [-0.25, -0.2) is 0 Å². The van der Waals surface area contributed by atoms with Crippen LogP contribution in [0.5, 0.6) is 0 Å². The highest BCUT2D eigenvalue weighted by Crippen LogP contribution is 2.32. The van der Waals surface area contributed by atoms with E-state index in [-0.39, 0.29) is 6.04 Å². The number of rotatable bonds is 6. The van der Waals surface area contributed by atoms with Gasteiger partial charge < -0.3 is 5.73 Å². The highest BCUT2D eigenvalue weighted by atomic mass is 32.2. The molecule has 0 aliphatic rings. The fourth-order valence-corrected chi connectivity index (χ4v) is 2.76. The molecule has 2 nitrogen and oxygen atoms in total. The van der Waals surface area contributed by atoms with E-state index in [1.807, 2.05) is 24.2 Å². The van der Waals surface area contributed by atoms with Crippen molar-refractivity contribution in [2.75, 3.05) is 5.75 Å². The zero-order valence-electron chi connectivity index (χ0n) is 9.52. The van der Waals surface area contributed by atoms with Crippen molar-refractivity contribution < 1.29 is 0 Å². The van der Waals surface area contributed by atoms with Crippen molar-refractivity contribution in [3.63, 3.8) is 0 Å². The Morgan fingerprint density at radius 3 is 2.53 bits per heavy atom. The van der Waals surface area contributed by atoms with E-state index in [4.69, 9.17) is 5.73 Å².